The summed E-state index contributed by atoms with van der Waals surface area (Å²) in [6.07, 6.45) is 0.627. The zero-order valence-electron chi connectivity index (χ0n) is 11.0. The molecule has 0 bridgehead atoms. The molecular formula is C14H13N3O4. The number of amides is 1. The second-order valence-electron chi connectivity index (χ2n) is 4.68. The average molecular weight is 287 g/mol. The number of carboxylic acid groups (broad SMARTS) is 1. The largest absolute Gasteiger partial charge is 0.478 e. The highest BCUT2D eigenvalue weighted by Crippen LogP contribution is 2.33. The van der Waals surface area contributed by atoms with E-state index in [4.69, 9.17) is 9.84 Å². The molecule has 2 N–H and O–H groups in total. The summed E-state index contributed by atoms with van der Waals surface area (Å²) in [6.45, 7) is -0.0146. The first kappa shape index (κ1) is 13.2. The average Bonchev–Trinajstić information content (AvgIpc) is 2.98. The second-order valence-corrected chi connectivity index (χ2v) is 4.68. The molecule has 3 rings (SSSR count). The van der Waals surface area contributed by atoms with Crippen LogP contribution in [-0.2, 0) is 16.0 Å². The predicted octanol–water partition coefficient (Wildman–Crippen LogP) is 0.831. The van der Waals surface area contributed by atoms with E-state index < -0.39 is 12.1 Å². The third-order valence-electron chi connectivity index (χ3n) is 3.25. The molecule has 0 spiro atoms. The number of nitrogens with zero attached hydrogens (tertiary/aromatic N) is 2. The lowest BCUT2D eigenvalue weighted by molar-refractivity contribution is -0.145. The lowest BCUT2D eigenvalue weighted by Gasteiger charge is -2.33. The summed E-state index contributed by atoms with van der Waals surface area (Å²) in [5, 5.41) is 15.7. The molecule has 1 aliphatic heterocycles. The van der Waals surface area contributed by atoms with Gasteiger partial charge in [0.05, 0.1) is 18.7 Å². The van der Waals surface area contributed by atoms with Crippen LogP contribution in [0.1, 0.15) is 5.69 Å². The van der Waals surface area contributed by atoms with Gasteiger partial charge in [-0.15, -0.1) is 0 Å². The van der Waals surface area contributed by atoms with Crippen molar-refractivity contribution in [2.24, 2.45) is 0 Å². The zero-order chi connectivity index (χ0) is 14.8. The van der Waals surface area contributed by atoms with Crippen LogP contribution in [0.15, 0.2) is 36.5 Å². The van der Waals surface area contributed by atoms with Crippen LogP contribution in [0.25, 0.3) is 0 Å². The number of aromatic amines is 1. The molecule has 2 heterocycles. The molecule has 1 aliphatic rings. The van der Waals surface area contributed by atoms with Crippen molar-refractivity contribution in [2.75, 3.05) is 11.4 Å². The Morgan fingerprint density at radius 3 is 2.90 bits per heavy atom. The molecule has 21 heavy (non-hydrogen) atoms. The molecule has 1 atom stereocenters. The lowest BCUT2D eigenvalue weighted by atomic mass is 10.1. The number of hydrogen-bond acceptors (Lipinski definition) is 4. The van der Waals surface area contributed by atoms with Gasteiger partial charge in [0.15, 0.2) is 0 Å². The number of aromatic nitrogens is 2. The van der Waals surface area contributed by atoms with Gasteiger partial charge in [0.25, 0.3) is 0 Å². The van der Waals surface area contributed by atoms with E-state index in [1.807, 2.05) is 0 Å². The van der Waals surface area contributed by atoms with Crippen LogP contribution in [0, 0.1) is 0 Å². The summed E-state index contributed by atoms with van der Waals surface area (Å²) in [7, 11) is 0. The summed E-state index contributed by atoms with van der Waals surface area (Å²) in [5.41, 5.74) is 1.26. The highest BCUT2D eigenvalue weighted by atomic mass is 16.5. The van der Waals surface area contributed by atoms with Gasteiger partial charge in [-0.1, -0.05) is 12.1 Å². The van der Waals surface area contributed by atoms with Crippen LogP contribution >= 0.6 is 0 Å². The molecule has 1 unspecified atom stereocenters. The summed E-state index contributed by atoms with van der Waals surface area (Å²) < 4.78 is 5.40. The molecule has 0 aliphatic carbocycles. The highest BCUT2D eigenvalue weighted by Gasteiger charge is 2.33. The number of carbonyl (C=O) groups is 2. The maximum absolute atomic E-state index is 12.4. The number of ether oxygens (including phenoxy) is 1. The fraction of sp³-hybridized carbons (Fsp3) is 0.214. The Labute approximate surface area is 120 Å². The van der Waals surface area contributed by atoms with E-state index in [-0.39, 0.29) is 18.9 Å². The van der Waals surface area contributed by atoms with Gasteiger partial charge in [0, 0.05) is 11.9 Å². The van der Waals surface area contributed by atoms with Crippen molar-refractivity contribution in [3.05, 3.63) is 42.2 Å². The number of nitrogens with one attached hydrogen (secondary N) is 1. The van der Waals surface area contributed by atoms with Crippen LogP contribution in [0.3, 0.4) is 0 Å². The Kier molecular flexibility index (Phi) is 3.31. The van der Waals surface area contributed by atoms with E-state index in [0.717, 1.165) is 0 Å². The summed E-state index contributed by atoms with van der Waals surface area (Å²) in [4.78, 5) is 25.0. The van der Waals surface area contributed by atoms with Crippen LogP contribution in [0.2, 0.25) is 0 Å². The number of rotatable bonds is 3. The zero-order valence-corrected chi connectivity index (χ0v) is 11.0. The number of anilines is 1. The number of H-pyrrole nitrogens is 1. The topological polar surface area (TPSA) is 95.5 Å². The van der Waals surface area contributed by atoms with Crippen molar-refractivity contribution >= 4 is 17.6 Å². The van der Waals surface area contributed by atoms with Gasteiger partial charge < -0.3 is 14.7 Å². The van der Waals surface area contributed by atoms with Crippen molar-refractivity contribution < 1.29 is 19.4 Å². The number of aliphatic carboxylic acids is 1. The summed E-state index contributed by atoms with van der Waals surface area (Å²) in [5.74, 6) is -0.904. The maximum Gasteiger partial charge on any atom is 0.346 e. The molecule has 7 nitrogen and oxygen atoms in total. The van der Waals surface area contributed by atoms with Crippen LogP contribution in [0.4, 0.5) is 5.69 Å². The molecule has 2 aromatic rings. The molecule has 1 aromatic heterocycles. The molecule has 0 fully saturated rings. The molecule has 108 valence electrons. The fourth-order valence-corrected chi connectivity index (χ4v) is 2.24. The predicted molar refractivity (Wildman–Crippen MR) is 73.1 cm³/mol. The molecule has 7 heteroatoms. The van der Waals surface area contributed by atoms with Crippen molar-refractivity contribution in [3.8, 4) is 5.75 Å². The van der Waals surface area contributed by atoms with Crippen LogP contribution in [0.5, 0.6) is 5.75 Å². The van der Waals surface area contributed by atoms with E-state index in [1.54, 1.807) is 36.5 Å². The summed E-state index contributed by atoms with van der Waals surface area (Å²) in [6, 6.07) is 8.61. The van der Waals surface area contributed by atoms with Crippen LogP contribution in [-0.4, -0.2) is 39.8 Å². The van der Waals surface area contributed by atoms with Crippen molar-refractivity contribution in [1.29, 1.82) is 0 Å². The number of benzene rings is 1. The van der Waals surface area contributed by atoms with Gasteiger partial charge in [0.1, 0.15) is 5.75 Å². The highest BCUT2D eigenvalue weighted by molar-refractivity contribution is 5.97. The van der Waals surface area contributed by atoms with Gasteiger partial charge >= 0.3 is 5.97 Å². The number of para-hydroxylation sites is 2. The van der Waals surface area contributed by atoms with E-state index in [1.165, 1.54) is 4.90 Å². The molecule has 1 aromatic carbocycles. The molecule has 1 amide bonds. The lowest BCUT2D eigenvalue weighted by Crippen LogP contribution is -2.47. The van der Waals surface area contributed by atoms with Gasteiger partial charge in [0.2, 0.25) is 12.0 Å². The Morgan fingerprint density at radius 1 is 1.38 bits per heavy atom. The number of fused-ring (bicyclic) bond motifs is 1. The first-order chi connectivity index (χ1) is 10.1. The normalized spacial score (nSPS) is 17.0. The SMILES string of the molecule is O=C(O)C1CN(C(=O)Cc2ccn[nH]2)c2ccccc2O1. The molecule has 0 radical (unpaired) electrons. The quantitative estimate of drug-likeness (QED) is 0.871. The standard InChI is InChI=1S/C14H13N3O4/c18-13(7-9-5-6-15-16-9)17-8-12(14(19)20)21-11-4-2-1-3-10(11)17/h1-6,12H,7-8H2,(H,15,16)(H,19,20). The summed E-state index contributed by atoms with van der Waals surface area (Å²) >= 11 is 0. The first-order valence-corrected chi connectivity index (χ1v) is 6.42. The Bertz CT molecular complexity index is 669. The molecule has 0 saturated heterocycles. The second kappa shape index (κ2) is 5.28. The van der Waals surface area contributed by atoms with E-state index in [2.05, 4.69) is 10.2 Å². The van der Waals surface area contributed by atoms with Crippen molar-refractivity contribution in [1.82, 2.24) is 10.2 Å². The number of carbonyl (C=O) groups excluding carboxylic acids is 1. The monoisotopic (exact) mass is 287 g/mol. The first-order valence-electron chi connectivity index (χ1n) is 6.42. The molecule has 0 saturated carbocycles. The Balaban J connectivity index is 1.89. The molecular weight excluding hydrogens is 274 g/mol. The minimum absolute atomic E-state index is 0.0146. The van der Waals surface area contributed by atoms with E-state index in [9.17, 15) is 9.59 Å². The van der Waals surface area contributed by atoms with Crippen LogP contribution < -0.4 is 9.64 Å². The Morgan fingerprint density at radius 2 is 2.19 bits per heavy atom. The fourth-order valence-electron chi connectivity index (χ4n) is 2.24. The minimum atomic E-state index is -1.09. The number of hydrogen-bond donors (Lipinski definition) is 2. The van der Waals surface area contributed by atoms with Gasteiger partial charge in [-0.2, -0.15) is 5.10 Å². The third kappa shape index (κ3) is 2.58. The smallest absolute Gasteiger partial charge is 0.346 e. The number of carboxylic acids is 1. The Hall–Kier alpha value is -2.83. The minimum Gasteiger partial charge on any atom is -0.478 e. The van der Waals surface area contributed by atoms with Crippen molar-refractivity contribution in [3.63, 3.8) is 0 Å². The maximum atomic E-state index is 12.4. The third-order valence-corrected chi connectivity index (χ3v) is 3.25. The van der Waals surface area contributed by atoms with Gasteiger partial charge in [-0.25, -0.2) is 4.79 Å². The van der Waals surface area contributed by atoms with E-state index in [0.29, 0.717) is 17.1 Å². The van der Waals surface area contributed by atoms with Gasteiger partial charge in [-0.3, -0.25) is 9.89 Å². The van der Waals surface area contributed by atoms with Gasteiger partial charge in [-0.05, 0) is 18.2 Å². The van der Waals surface area contributed by atoms with Crippen molar-refractivity contribution in [2.45, 2.75) is 12.5 Å². The van der Waals surface area contributed by atoms with E-state index >= 15 is 0 Å².